The highest BCUT2D eigenvalue weighted by Gasteiger charge is 2.21. The second-order valence-electron chi connectivity index (χ2n) is 7.06. The first-order valence-electron chi connectivity index (χ1n) is 9.38. The molecule has 7 heteroatoms. The average molecular weight is 455 g/mol. The fourth-order valence-electron chi connectivity index (χ4n) is 3.83. The average Bonchev–Trinajstić information content (AvgIpc) is 3.17. The smallest absolute Gasteiger partial charge is 0.141 e. The lowest BCUT2D eigenvalue weighted by Crippen LogP contribution is -2.32. The molecule has 156 valence electrons. The Kier molecular flexibility index (Phi) is 8.84. The zero-order valence-electron chi connectivity index (χ0n) is 16.3. The van der Waals surface area contributed by atoms with Crippen molar-refractivity contribution in [2.45, 2.75) is 25.3 Å². The van der Waals surface area contributed by atoms with Gasteiger partial charge in [-0.05, 0) is 55.6 Å². The van der Waals surface area contributed by atoms with Crippen molar-refractivity contribution in [1.29, 1.82) is 0 Å². The number of nitrogens with one attached hydrogen (secondary N) is 1. The van der Waals surface area contributed by atoms with Crippen LogP contribution in [0.4, 0.5) is 0 Å². The summed E-state index contributed by atoms with van der Waals surface area (Å²) >= 11 is 6.14. The first-order chi connectivity index (χ1) is 13.2. The van der Waals surface area contributed by atoms with E-state index in [0.29, 0.717) is 10.9 Å². The summed E-state index contributed by atoms with van der Waals surface area (Å²) in [6.45, 7) is 3.10. The van der Waals surface area contributed by atoms with Crippen molar-refractivity contribution in [1.82, 2.24) is 14.9 Å². The molecule has 0 amide bonds. The normalized spacial score (nSPS) is 14.7. The van der Waals surface area contributed by atoms with E-state index in [9.17, 15) is 0 Å². The molecule has 2 aromatic carbocycles. The molecule has 1 aliphatic rings. The van der Waals surface area contributed by atoms with Crippen LogP contribution in [0.15, 0.2) is 54.7 Å². The van der Waals surface area contributed by atoms with Crippen LogP contribution in [-0.4, -0.2) is 35.1 Å². The molecule has 4 rings (SSSR count). The minimum absolute atomic E-state index is 0. The highest BCUT2D eigenvalue weighted by molar-refractivity contribution is 6.30. The highest BCUT2D eigenvalue weighted by Crippen LogP contribution is 2.31. The van der Waals surface area contributed by atoms with Gasteiger partial charge in [-0.2, -0.15) is 0 Å². The number of aromatic amines is 1. The monoisotopic (exact) mass is 453 g/mol. The largest absolute Gasteiger partial charge is 0.496 e. The predicted molar refractivity (Wildman–Crippen MR) is 124 cm³/mol. The van der Waals surface area contributed by atoms with E-state index in [1.165, 1.54) is 18.4 Å². The van der Waals surface area contributed by atoms with Crippen LogP contribution in [0.25, 0.3) is 11.4 Å². The summed E-state index contributed by atoms with van der Waals surface area (Å²) in [5.41, 5.74) is 3.47. The van der Waals surface area contributed by atoms with E-state index in [4.69, 9.17) is 16.3 Å². The van der Waals surface area contributed by atoms with Gasteiger partial charge in [0.15, 0.2) is 0 Å². The summed E-state index contributed by atoms with van der Waals surface area (Å²) in [6.07, 6.45) is 4.32. The van der Waals surface area contributed by atoms with Gasteiger partial charge in [-0.25, -0.2) is 4.98 Å². The first kappa shape index (κ1) is 23.6. The first-order valence-corrected chi connectivity index (χ1v) is 9.76. The summed E-state index contributed by atoms with van der Waals surface area (Å²) in [4.78, 5) is 10.5. The molecule has 0 saturated carbocycles. The van der Waals surface area contributed by atoms with Crippen LogP contribution in [0.3, 0.4) is 0 Å². The van der Waals surface area contributed by atoms with Gasteiger partial charge in [0.25, 0.3) is 0 Å². The molecule has 0 bridgehead atoms. The van der Waals surface area contributed by atoms with Gasteiger partial charge in [-0.15, -0.1) is 24.8 Å². The van der Waals surface area contributed by atoms with Gasteiger partial charge in [0, 0.05) is 23.5 Å². The zero-order valence-corrected chi connectivity index (χ0v) is 18.7. The Bertz CT molecular complexity index is 893. The number of rotatable bonds is 5. The SMILES string of the molecule is COc1ccc(Cl)cc1-c1ncc(CN2CCC(c3ccccc3)CC2)[nH]1.Cl.Cl. The van der Waals surface area contributed by atoms with Crippen molar-refractivity contribution >= 4 is 36.4 Å². The summed E-state index contributed by atoms with van der Waals surface area (Å²) < 4.78 is 5.44. The summed E-state index contributed by atoms with van der Waals surface area (Å²) in [7, 11) is 1.66. The van der Waals surface area contributed by atoms with E-state index in [1.807, 2.05) is 24.4 Å². The number of halogens is 3. The van der Waals surface area contributed by atoms with Crippen LogP contribution < -0.4 is 4.74 Å². The number of hydrogen-bond acceptors (Lipinski definition) is 3. The molecule has 1 N–H and O–H groups in total. The number of benzene rings is 2. The molecule has 0 unspecified atom stereocenters. The number of piperidine rings is 1. The van der Waals surface area contributed by atoms with Crippen molar-refractivity contribution in [3.63, 3.8) is 0 Å². The van der Waals surface area contributed by atoms with Crippen LogP contribution in [0.1, 0.15) is 30.0 Å². The van der Waals surface area contributed by atoms with Crippen LogP contribution in [0.2, 0.25) is 5.02 Å². The summed E-state index contributed by atoms with van der Waals surface area (Å²) in [6, 6.07) is 16.4. The molecule has 0 radical (unpaired) electrons. The number of likely N-dealkylation sites (tertiary alicyclic amines) is 1. The molecule has 1 saturated heterocycles. The lowest BCUT2D eigenvalue weighted by atomic mass is 9.89. The third-order valence-electron chi connectivity index (χ3n) is 5.30. The van der Waals surface area contributed by atoms with Crippen LogP contribution in [-0.2, 0) is 6.54 Å². The fourth-order valence-corrected chi connectivity index (χ4v) is 4.00. The van der Waals surface area contributed by atoms with E-state index in [2.05, 4.69) is 45.2 Å². The van der Waals surface area contributed by atoms with Crippen LogP contribution in [0.5, 0.6) is 5.75 Å². The van der Waals surface area contributed by atoms with Crippen LogP contribution in [0, 0.1) is 0 Å². The number of nitrogens with zero attached hydrogens (tertiary/aromatic N) is 2. The molecule has 1 aliphatic heterocycles. The Labute approximate surface area is 189 Å². The zero-order chi connectivity index (χ0) is 18.6. The molecule has 1 aromatic heterocycles. The third kappa shape index (κ3) is 5.67. The number of imidazole rings is 1. The van der Waals surface area contributed by atoms with Crippen molar-refractivity contribution in [2.75, 3.05) is 20.2 Å². The highest BCUT2D eigenvalue weighted by atomic mass is 35.5. The molecule has 3 aromatic rings. The minimum atomic E-state index is 0. The Morgan fingerprint density at radius 2 is 1.83 bits per heavy atom. The van der Waals surface area contributed by atoms with Crippen molar-refractivity contribution < 1.29 is 4.74 Å². The minimum Gasteiger partial charge on any atom is -0.496 e. The van der Waals surface area contributed by atoms with E-state index in [-0.39, 0.29) is 24.8 Å². The van der Waals surface area contributed by atoms with Crippen molar-refractivity contribution in [3.8, 4) is 17.1 Å². The predicted octanol–water partition coefficient (Wildman–Crippen LogP) is 5.96. The Morgan fingerprint density at radius 1 is 1.10 bits per heavy atom. The second kappa shape index (κ2) is 10.9. The maximum Gasteiger partial charge on any atom is 0.141 e. The number of aromatic nitrogens is 2. The molecule has 29 heavy (non-hydrogen) atoms. The standard InChI is InChI=1S/C22H24ClN3O.2ClH/c1-27-21-8-7-18(23)13-20(21)22-24-14-19(25-22)15-26-11-9-17(10-12-26)16-5-3-2-4-6-16;;/h2-8,13-14,17H,9-12,15H2,1H3,(H,24,25);2*1H. The van der Waals surface area contributed by atoms with Gasteiger partial charge in [-0.1, -0.05) is 41.9 Å². The topological polar surface area (TPSA) is 41.1 Å². The second-order valence-corrected chi connectivity index (χ2v) is 7.50. The summed E-state index contributed by atoms with van der Waals surface area (Å²) in [5.74, 6) is 2.24. The van der Waals surface area contributed by atoms with Crippen molar-refractivity contribution in [2.24, 2.45) is 0 Å². The van der Waals surface area contributed by atoms with E-state index >= 15 is 0 Å². The molecular weight excluding hydrogens is 429 g/mol. The molecule has 0 spiro atoms. The van der Waals surface area contributed by atoms with Gasteiger partial charge in [-0.3, -0.25) is 4.90 Å². The number of hydrogen-bond donors (Lipinski definition) is 1. The quantitative estimate of drug-likeness (QED) is 0.517. The molecule has 0 atom stereocenters. The summed E-state index contributed by atoms with van der Waals surface area (Å²) in [5, 5.41) is 0.673. The van der Waals surface area contributed by atoms with E-state index in [1.54, 1.807) is 7.11 Å². The van der Waals surface area contributed by atoms with Gasteiger partial charge < -0.3 is 9.72 Å². The van der Waals surface area contributed by atoms with E-state index in [0.717, 1.165) is 42.5 Å². The lowest BCUT2D eigenvalue weighted by molar-refractivity contribution is 0.203. The van der Waals surface area contributed by atoms with Gasteiger partial charge >= 0.3 is 0 Å². The Morgan fingerprint density at radius 3 is 2.52 bits per heavy atom. The third-order valence-corrected chi connectivity index (χ3v) is 5.53. The molecule has 0 aliphatic carbocycles. The van der Waals surface area contributed by atoms with Gasteiger partial charge in [0.05, 0.1) is 12.7 Å². The fraction of sp³-hybridized carbons (Fsp3) is 0.318. The molecular formula is C22H26Cl3N3O. The van der Waals surface area contributed by atoms with Gasteiger partial charge in [0.1, 0.15) is 11.6 Å². The van der Waals surface area contributed by atoms with E-state index < -0.39 is 0 Å². The van der Waals surface area contributed by atoms with Gasteiger partial charge in [0.2, 0.25) is 0 Å². The Hall–Kier alpha value is -1.72. The lowest BCUT2D eigenvalue weighted by Gasteiger charge is -2.31. The maximum atomic E-state index is 6.14. The molecule has 4 nitrogen and oxygen atoms in total. The maximum absolute atomic E-state index is 6.14. The van der Waals surface area contributed by atoms with Crippen molar-refractivity contribution in [3.05, 3.63) is 71.0 Å². The number of methoxy groups -OCH3 is 1. The molecule has 2 heterocycles. The Balaban J connectivity index is 0.00000150. The van der Waals surface area contributed by atoms with Crippen LogP contribution >= 0.6 is 36.4 Å². The molecule has 1 fully saturated rings. The number of ether oxygens (including phenoxy) is 1. The number of H-pyrrole nitrogens is 1.